The number of hydrogen-bond donors (Lipinski definition) is 0. The summed E-state index contributed by atoms with van der Waals surface area (Å²) in [6, 6.07) is 4.44. The number of aromatic nitrogens is 7. The quantitative estimate of drug-likeness (QED) is 0.743. The number of rotatable bonds is 3. The van der Waals surface area contributed by atoms with Gasteiger partial charge in [0.05, 0.1) is 6.04 Å². The topological polar surface area (TPSA) is 74.3 Å². The van der Waals surface area contributed by atoms with Crippen LogP contribution in [0.15, 0.2) is 31.0 Å². The zero-order valence-corrected chi connectivity index (χ0v) is 13.1. The third-order valence-corrected chi connectivity index (χ3v) is 4.34. The Bertz CT molecular complexity index is 785. The van der Waals surface area contributed by atoms with Crippen molar-refractivity contribution in [2.45, 2.75) is 45.1 Å². The Kier molecular flexibility index (Phi) is 3.61. The molecule has 3 heterocycles. The van der Waals surface area contributed by atoms with E-state index < -0.39 is 0 Å². The third kappa shape index (κ3) is 2.74. The molecule has 0 spiro atoms. The lowest BCUT2D eigenvalue weighted by Gasteiger charge is -2.23. The molecular formula is C16H19N7. The van der Waals surface area contributed by atoms with E-state index in [9.17, 15) is 0 Å². The van der Waals surface area contributed by atoms with Crippen molar-refractivity contribution in [3.05, 3.63) is 36.8 Å². The Morgan fingerprint density at radius 3 is 2.65 bits per heavy atom. The first kappa shape index (κ1) is 14.0. The van der Waals surface area contributed by atoms with E-state index in [4.69, 9.17) is 0 Å². The summed E-state index contributed by atoms with van der Waals surface area (Å²) < 4.78 is 3.90. The fraction of sp³-hybridized carbons (Fsp3) is 0.438. The molecule has 1 fully saturated rings. The van der Waals surface area contributed by atoms with Gasteiger partial charge in [-0.1, -0.05) is 19.3 Å². The molecule has 0 amide bonds. The summed E-state index contributed by atoms with van der Waals surface area (Å²) in [4.78, 5) is 9.04. The average molecular weight is 309 g/mol. The van der Waals surface area contributed by atoms with Crippen molar-refractivity contribution < 1.29 is 0 Å². The Morgan fingerprint density at radius 2 is 1.87 bits per heavy atom. The van der Waals surface area contributed by atoms with Crippen molar-refractivity contribution in [2.75, 3.05) is 0 Å². The highest BCUT2D eigenvalue weighted by atomic mass is 15.4. The third-order valence-electron chi connectivity index (χ3n) is 4.34. The molecule has 23 heavy (non-hydrogen) atoms. The second-order valence-corrected chi connectivity index (χ2v) is 5.99. The van der Waals surface area contributed by atoms with E-state index in [1.807, 2.05) is 19.1 Å². The average Bonchev–Trinajstić information content (AvgIpc) is 3.25. The van der Waals surface area contributed by atoms with Crippen LogP contribution in [0.4, 0.5) is 0 Å². The Morgan fingerprint density at radius 1 is 1.09 bits per heavy atom. The summed E-state index contributed by atoms with van der Waals surface area (Å²) in [5, 5.41) is 12.3. The molecule has 1 aliphatic carbocycles. The van der Waals surface area contributed by atoms with Crippen LogP contribution >= 0.6 is 0 Å². The van der Waals surface area contributed by atoms with E-state index in [0.29, 0.717) is 6.04 Å². The van der Waals surface area contributed by atoms with Crippen LogP contribution in [0.3, 0.4) is 0 Å². The molecule has 4 rings (SSSR count). The highest BCUT2D eigenvalue weighted by Gasteiger charge is 2.21. The molecule has 0 bridgehead atoms. The van der Waals surface area contributed by atoms with Crippen molar-refractivity contribution in [3.8, 4) is 17.2 Å². The van der Waals surface area contributed by atoms with E-state index in [2.05, 4.69) is 29.9 Å². The van der Waals surface area contributed by atoms with Gasteiger partial charge in [0.2, 0.25) is 0 Å². The molecule has 0 aliphatic heterocycles. The predicted molar refractivity (Wildman–Crippen MR) is 85.0 cm³/mol. The molecule has 0 aromatic carbocycles. The molecule has 0 radical (unpaired) electrons. The standard InChI is InChI=1S/C16H19N7/c1-12-20-16(23(21-12)14-5-3-2-4-6-14)13-7-8-17-15(9-13)22-10-18-19-11-22/h7-11,14H,2-6H2,1H3. The second-order valence-electron chi connectivity index (χ2n) is 5.99. The van der Waals surface area contributed by atoms with Gasteiger partial charge in [-0.3, -0.25) is 4.57 Å². The molecule has 7 heteroatoms. The molecule has 3 aromatic rings. The van der Waals surface area contributed by atoms with Crippen LogP contribution in [0.5, 0.6) is 0 Å². The summed E-state index contributed by atoms with van der Waals surface area (Å²) in [6.45, 7) is 1.95. The van der Waals surface area contributed by atoms with Crippen molar-refractivity contribution in [1.82, 2.24) is 34.5 Å². The van der Waals surface area contributed by atoms with Crippen molar-refractivity contribution in [1.29, 1.82) is 0 Å². The van der Waals surface area contributed by atoms with E-state index in [0.717, 1.165) is 23.0 Å². The number of aryl methyl sites for hydroxylation is 1. The minimum Gasteiger partial charge on any atom is -0.272 e. The molecule has 118 valence electrons. The van der Waals surface area contributed by atoms with Crippen molar-refractivity contribution in [2.24, 2.45) is 0 Å². The van der Waals surface area contributed by atoms with Crippen LogP contribution < -0.4 is 0 Å². The van der Waals surface area contributed by atoms with Gasteiger partial charge in [-0.2, -0.15) is 5.10 Å². The van der Waals surface area contributed by atoms with Gasteiger partial charge in [-0.05, 0) is 31.9 Å². The van der Waals surface area contributed by atoms with E-state index in [-0.39, 0.29) is 0 Å². The first-order valence-electron chi connectivity index (χ1n) is 8.06. The first-order valence-corrected chi connectivity index (χ1v) is 8.06. The highest BCUT2D eigenvalue weighted by Crippen LogP contribution is 2.31. The normalized spacial score (nSPS) is 15.9. The van der Waals surface area contributed by atoms with Crippen LogP contribution in [0.2, 0.25) is 0 Å². The van der Waals surface area contributed by atoms with Gasteiger partial charge in [0.1, 0.15) is 24.3 Å². The van der Waals surface area contributed by atoms with Gasteiger partial charge in [0.15, 0.2) is 5.82 Å². The van der Waals surface area contributed by atoms with Gasteiger partial charge in [0, 0.05) is 11.8 Å². The van der Waals surface area contributed by atoms with Gasteiger partial charge < -0.3 is 0 Å². The smallest absolute Gasteiger partial charge is 0.158 e. The monoisotopic (exact) mass is 309 g/mol. The van der Waals surface area contributed by atoms with E-state index >= 15 is 0 Å². The lowest BCUT2D eigenvalue weighted by atomic mass is 9.95. The molecule has 7 nitrogen and oxygen atoms in total. The minimum atomic E-state index is 0.450. The fourth-order valence-electron chi connectivity index (χ4n) is 3.22. The number of pyridine rings is 1. The summed E-state index contributed by atoms with van der Waals surface area (Å²) in [6.07, 6.45) is 11.3. The highest BCUT2D eigenvalue weighted by molar-refractivity contribution is 5.57. The summed E-state index contributed by atoms with van der Waals surface area (Å²) in [5.41, 5.74) is 1.02. The van der Waals surface area contributed by atoms with Crippen molar-refractivity contribution in [3.63, 3.8) is 0 Å². The summed E-state index contributed by atoms with van der Waals surface area (Å²) >= 11 is 0. The van der Waals surface area contributed by atoms with Crippen molar-refractivity contribution >= 4 is 0 Å². The largest absolute Gasteiger partial charge is 0.272 e. The van der Waals surface area contributed by atoms with Crippen LogP contribution in [0, 0.1) is 6.92 Å². The van der Waals surface area contributed by atoms with Crippen LogP contribution in [-0.4, -0.2) is 34.5 Å². The zero-order valence-electron chi connectivity index (χ0n) is 13.1. The molecule has 1 aliphatic rings. The number of hydrogen-bond acceptors (Lipinski definition) is 5. The first-order chi connectivity index (χ1) is 11.3. The second kappa shape index (κ2) is 5.91. The minimum absolute atomic E-state index is 0.450. The lowest BCUT2D eigenvalue weighted by molar-refractivity contribution is 0.331. The van der Waals surface area contributed by atoms with Gasteiger partial charge in [-0.25, -0.2) is 14.6 Å². The number of nitrogens with zero attached hydrogens (tertiary/aromatic N) is 7. The molecule has 1 saturated carbocycles. The van der Waals surface area contributed by atoms with Gasteiger partial charge in [-0.15, -0.1) is 10.2 Å². The maximum absolute atomic E-state index is 4.66. The molecule has 0 atom stereocenters. The Labute approximate surface area is 134 Å². The lowest BCUT2D eigenvalue weighted by Crippen LogP contribution is -2.15. The van der Waals surface area contributed by atoms with Crippen LogP contribution in [0.25, 0.3) is 17.2 Å². The zero-order chi connectivity index (χ0) is 15.6. The molecular weight excluding hydrogens is 290 g/mol. The SMILES string of the molecule is Cc1nc(-c2ccnc(-n3cnnc3)c2)n(C2CCCCC2)n1. The summed E-state index contributed by atoms with van der Waals surface area (Å²) in [7, 11) is 0. The Hall–Kier alpha value is -2.57. The van der Waals surface area contributed by atoms with Gasteiger partial charge >= 0.3 is 0 Å². The fourth-order valence-corrected chi connectivity index (χ4v) is 3.22. The molecule has 0 saturated heterocycles. The molecule has 0 unspecified atom stereocenters. The van der Waals surface area contributed by atoms with Gasteiger partial charge in [0.25, 0.3) is 0 Å². The maximum atomic E-state index is 4.66. The summed E-state index contributed by atoms with van der Waals surface area (Å²) in [5.74, 6) is 2.52. The Balaban J connectivity index is 1.74. The van der Waals surface area contributed by atoms with E-state index in [1.165, 1.54) is 32.1 Å². The molecule has 0 N–H and O–H groups in total. The maximum Gasteiger partial charge on any atom is 0.158 e. The van der Waals surface area contributed by atoms with E-state index in [1.54, 1.807) is 23.4 Å². The van der Waals surface area contributed by atoms with Crippen LogP contribution in [0.1, 0.15) is 44.0 Å². The molecule has 3 aromatic heterocycles. The van der Waals surface area contributed by atoms with Crippen LogP contribution in [-0.2, 0) is 0 Å². The predicted octanol–water partition coefficient (Wildman–Crippen LogP) is 2.73.